The zero-order valence-electron chi connectivity index (χ0n) is 12.5. The van der Waals surface area contributed by atoms with Gasteiger partial charge in [-0.2, -0.15) is 4.98 Å². The van der Waals surface area contributed by atoms with Crippen LogP contribution in [0, 0.1) is 10.1 Å². The number of hydrogen-bond donors (Lipinski definition) is 4. The van der Waals surface area contributed by atoms with Crippen LogP contribution in [-0.4, -0.2) is 58.6 Å². The maximum Gasteiger partial charge on any atom is 0.375 e. The van der Waals surface area contributed by atoms with E-state index >= 15 is 0 Å². The Balaban J connectivity index is 2.79. The van der Waals surface area contributed by atoms with Gasteiger partial charge in [0, 0.05) is 46.3 Å². The van der Waals surface area contributed by atoms with Crippen molar-refractivity contribution in [3.8, 4) is 0 Å². The molecule has 11 heteroatoms. The highest BCUT2D eigenvalue weighted by atomic mass is 16.6. The molecule has 0 saturated carbocycles. The summed E-state index contributed by atoms with van der Waals surface area (Å²) in [5.74, 6) is -0.232. The van der Waals surface area contributed by atoms with Gasteiger partial charge in [0.1, 0.15) is 0 Å². The van der Waals surface area contributed by atoms with Crippen LogP contribution in [0.25, 0.3) is 0 Å². The van der Waals surface area contributed by atoms with E-state index < -0.39 is 22.0 Å². The Hall–Kier alpha value is -2.24. The van der Waals surface area contributed by atoms with Crippen LogP contribution in [0.2, 0.25) is 0 Å². The minimum absolute atomic E-state index is 0.175. The first-order valence-corrected chi connectivity index (χ1v) is 6.79. The first-order valence-electron chi connectivity index (χ1n) is 6.79. The second-order valence-corrected chi connectivity index (χ2v) is 4.64. The van der Waals surface area contributed by atoms with Gasteiger partial charge in [-0.3, -0.25) is 24.4 Å². The molecule has 0 aliphatic carbocycles. The number of hydrogen-bond acceptors (Lipinski definition) is 9. The molecule has 0 amide bonds. The van der Waals surface area contributed by atoms with E-state index in [2.05, 4.69) is 15.2 Å². The molecule has 1 aromatic heterocycles. The van der Waals surface area contributed by atoms with Crippen LogP contribution >= 0.6 is 0 Å². The number of anilines is 2. The molecule has 1 aromatic rings. The van der Waals surface area contributed by atoms with Crippen LogP contribution in [0.3, 0.4) is 0 Å². The van der Waals surface area contributed by atoms with Crippen LogP contribution < -0.4 is 28.1 Å². The van der Waals surface area contributed by atoms with Crippen LogP contribution in [0.4, 0.5) is 17.5 Å². The maximum absolute atomic E-state index is 11.9. The summed E-state index contributed by atoms with van der Waals surface area (Å²) in [5.41, 5.74) is 15.0. The molecule has 124 valence electrons. The summed E-state index contributed by atoms with van der Waals surface area (Å²) < 4.78 is 1.06. The molecule has 0 radical (unpaired) electrons. The zero-order valence-corrected chi connectivity index (χ0v) is 12.5. The minimum atomic E-state index is -0.835. The van der Waals surface area contributed by atoms with Gasteiger partial charge in [-0.1, -0.05) is 0 Å². The van der Waals surface area contributed by atoms with Gasteiger partial charge < -0.3 is 22.5 Å². The molecule has 1 heterocycles. The van der Waals surface area contributed by atoms with Crippen molar-refractivity contribution in [3.05, 3.63) is 20.5 Å². The van der Waals surface area contributed by atoms with Crippen molar-refractivity contribution in [1.82, 2.24) is 14.5 Å². The van der Waals surface area contributed by atoms with Crippen molar-refractivity contribution in [1.29, 1.82) is 0 Å². The van der Waals surface area contributed by atoms with Gasteiger partial charge in [0.2, 0.25) is 11.8 Å². The number of rotatable bonds is 9. The largest absolute Gasteiger partial charge is 0.378 e. The minimum Gasteiger partial charge on any atom is -0.378 e. The molecule has 1 rings (SSSR count). The van der Waals surface area contributed by atoms with Crippen molar-refractivity contribution in [2.75, 3.05) is 50.3 Å². The molecule has 11 nitrogen and oxygen atoms in total. The van der Waals surface area contributed by atoms with Crippen molar-refractivity contribution in [2.24, 2.45) is 18.5 Å². The lowest BCUT2D eigenvalue weighted by molar-refractivity contribution is -0.385. The molecule has 0 aliphatic rings. The van der Waals surface area contributed by atoms with Gasteiger partial charge in [0.05, 0.1) is 4.92 Å². The van der Waals surface area contributed by atoms with E-state index in [9.17, 15) is 14.9 Å². The smallest absolute Gasteiger partial charge is 0.375 e. The SMILES string of the molecule is Cn1c(NCCN(CCN)CCN)nc(N)c([N+](=O)[O-])c1=O. The fourth-order valence-electron chi connectivity index (χ4n) is 1.96. The third kappa shape index (κ3) is 4.38. The molecule has 0 bridgehead atoms. The van der Waals surface area contributed by atoms with Gasteiger partial charge in [-0.05, 0) is 0 Å². The highest BCUT2D eigenvalue weighted by molar-refractivity contribution is 5.53. The van der Waals surface area contributed by atoms with Crippen LogP contribution in [0.5, 0.6) is 0 Å². The Bertz CT molecular complexity index is 567. The van der Waals surface area contributed by atoms with E-state index in [1.165, 1.54) is 7.05 Å². The van der Waals surface area contributed by atoms with E-state index in [-0.39, 0.29) is 5.95 Å². The first-order chi connectivity index (χ1) is 10.4. The Labute approximate surface area is 127 Å². The second-order valence-electron chi connectivity index (χ2n) is 4.64. The molecular weight excluding hydrogens is 292 g/mol. The average Bonchev–Trinajstić information content (AvgIpc) is 2.44. The lowest BCUT2D eigenvalue weighted by atomic mass is 10.4. The third-order valence-electron chi connectivity index (χ3n) is 3.08. The Kier molecular flexibility index (Phi) is 6.69. The second kappa shape index (κ2) is 8.26. The van der Waals surface area contributed by atoms with Crippen LogP contribution in [0.15, 0.2) is 4.79 Å². The number of nitrogens with one attached hydrogen (secondary N) is 1. The van der Waals surface area contributed by atoms with Crippen molar-refractivity contribution in [3.63, 3.8) is 0 Å². The molecular formula is C11H22N8O3. The third-order valence-corrected chi connectivity index (χ3v) is 3.08. The summed E-state index contributed by atoms with van der Waals surface area (Å²) in [5, 5.41) is 13.7. The highest BCUT2D eigenvalue weighted by Gasteiger charge is 2.22. The maximum atomic E-state index is 11.9. The van der Waals surface area contributed by atoms with Gasteiger partial charge >= 0.3 is 11.2 Å². The van der Waals surface area contributed by atoms with Crippen molar-refractivity contribution < 1.29 is 4.92 Å². The van der Waals surface area contributed by atoms with Crippen LogP contribution in [-0.2, 0) is 7.05 Å². The molecule has 0 unspecified atom stereocenters. The standard InChI is InChI=1S/C11H22N8O3/c1-17-10(20)8(19(21)22)9(14)16-11(17)15-4-7-18(5-2-12)6-3-13/h2-7,12-14H2,1H3,(H,15,16). The number of nitro groups is 1. The van der Waals surface area contributed by atoms with Gasteiger partial charge in [0.25, 0.3) is 0 Å². The van der Waals surface area contributed by atoms with E-state index in [4.69, 9.17) is 17.2 Å². The quantitative estimate of drug-likeness (QED) is 0.294. The van der Waals surface area contributed by atoms with E-state index in [1.807, 2.05) is 0 Å². The molecule has 0 atom stereocenters. The lowest BCUT2D eigenvalue weighted by Crippen LogP contribution is -2.37. The summed E-state index contributed by atoms with van der Waals surface area (Å²) in [6, 6.07) is 0. The predicted octanol–water partition coefficient (Wildman–Crippen LogP) is -2.10. The topological polar surface area (TPSA) is 171 Å². The fraction of sp³-hybridized carbons (Fsp3) is 0.636. The zero-order chi connectivity index (χ0) is 16.7. The van der Waals surface area contributed by atoms with E-state index in [1.54, 1.807) is 0 Å². The summed E-state index contributed by atoms with van der Waals surface area (Å²) in [6.45, 7) is 3.54. The number of nitrogens with zero attached hydrogens (tertiary/aromatic N) is 4. The fourth-order valence-corrected chi connectivity index (χ4v) is 1.96. The van der Waals surface area contributed by atoms with Crippen LogP contribution in [0.1, 0.15) is 0 Å². The summed E-state index contributed by atoms with van der Waals surface area (Å²) in [6.07, 6.45) is 0. The predicted molar refractivity (Wildman–Crippen MR) is 83.6 cm³/mol. The van der Waals surface area contributed by atoms with E-state index in [0.717, 1.165) is 4.57 Å². The summed E-state index contributed by atoms with van der Waals surface area (Å²) in [7, 11) is 1.39. The Morgan fingerprint density at radius 2 is 1.91 bits per heavy atom. The summed E-state index contributed by atoms with van der Waals surface area (Å²) >= 11 is 0. The molecule has 0 saturated heterocycles. The molecule has 0 aromatic carbocycles. The normalized spacial score (nSPS) is 10.9. The highest BCUT2D eigenvalue weighted by Crippen LogP contribution is 2.14. The van der Waals surface area contributed by atoms with Gasteiger partial charge in [-0.25, -0.2) is 0 Å². The average molecular weight is 314 g/mol. The van der Waals surface area contributed by atoms with Gasteiger partial charge in [-0.15, -0.1) is 0 Å². The van der Waals surface area contributed by atoms with E-state index in [0.29, 0.717) is 39.3 Å². The number of aromatic nitrogens is 2. The first kappa shape index (κ1) is 17.8. The molecule has 22 heavy (non-hydrogen) atoms. The number of nitrogens with two attached hydrogens (primary N) is 3. The Morgan fingerprint density at radius 3 is 2.41 bits per heavy atom. The lowest BCUT2D eigenvalue weighted by Gasteiger charge is -2.21. The number of nitrogen functional groups attached to an aromatic ring is 1. The monoisotopic (exact) mass is 314 g/mol. The summed E-state index contributed by atoms with van der Waals surface area (Å²) in [4.78, 5) is 27.7. The molecule has 7 N–H and O–H groups in total. The van der Waals surface area contributed by atoms with Crippen molar-refractivity contribution in [2.45, 2.75) is 0 Å². The van der Waals surface area contributed by atoms with Crippen molar-refractivity contribution >= 4 is 17.5 Å². The molecule has 0 spiro atoms. The van der Waals surface area contributed by atoms with Gasteiger partial charge in [0.15, 0.2) is 0 Å². The Morgan fingerprint density at radius 1 is 1.32 bits per heavy atom. The molecule has 0 fully saturated rings. The molecule has 0 aliphatic heterocycles.